The lowest BCUT2D eigenvalue weighted by atomic mass is 9.69. The fraction of sp³-hybridized carbons (Fsp3) is 0.588. The average molecular weight is 678 g/mol. The van der Waals surface area contributed by atoms with Gasteiger partial charge in [-0.2, -0.15) is 8.42 Å². The summed E-state index contributed by atoms with van der Waals surface area (Å²) in [5, 5.41) is 8.75. The molecule has 0 aromatic carbocycles. The summed E-state index contributed by atoms with van der Waals surface area (Å²) in [6, 6.07) is 8.51. The van der Waals surface area contributed by atoms with E-state index in [2.05, 4.69) is 53.4 Å². The SMILES string of the molecule is CC1(C)CC2CCCNc3cccc(n3)S(=O)(=O)NC(=O)c3cc([Si](C)(C)C)c(-n4ccc(OCCC5CCC56CC6)n4)nc3N1C2. The molecule has 11 nitrogen and oxygen atoms in total. The van der Waals surface area contributed by atoms with Crippen LogP contribution in [0.15, 0.2) is 41.6 Å². The number of nitrogens with one attached hydrogen (secondary N) is 2. The van der Waals surface area contributed by atoms with E-state index in [1.165, 1.54) is 31.7 Å². The Kier molecular flexibility index (Phi) is 7.93. The number of anilines is 2. The standard InChI is InChI=1S/C34H47N7O4SSi/c1-33(2)21-23-8-7-17-35-27-9-6-10-29(36-27)46(43,44)39-32(42)25-20-26(47(3,4)5)31(37-30(25)40(33)22-23)41-18-12-28(38-41)45-19-13-24-11-14-34(24)15-16-34/h6,9-10,12,18,20,23-24H,7-8,11,13-17,19,21-22H2,1-5H3,(H,35,36)(H,39,42). The quantitative estimate of drug-likeness (QED) is 0.343. The summed E-state index contributed by atoms with van der Waals surface area (Å²) in [6.07, 6.45) is 11.2. The molecule has 2 saturated carbocycles. The van der Waals surface area contributed by atoms with Gasteiger partial charge < -0.3 is 15.0 Å². The molecular weight excluding hydrogens is 631 g/mol. The van der Waals surface area contributed by atoms with E-state index in [4.69, 9.17) is 14.8 Å². The number of nitrogens with zero attached hydrogens (tertiary/aromatic N) is 5. The Labute approximate surface area is 279 Å². The molecule has 3 fully saturated rings. The van der Waals surface area contributed by atoms with Crippen molar-refractivity contribution in [3.63, 3.8) is 0 Å². The molecule has 2 unspecified atom stereocenters. The Hall–Kier alpha value is -3.45. The molecule has 1 amide bonds. The number of aromatic nitrogens is 4. The van der Waals surface area contributed by atoms with Gasteiger partial charge in [0.15, 0.2) is 10.8 Å². The van der Waals surface area contributed by atoms with Crippen molar-refractivity contribution in [2.45, 2.75) is 95.4 Å². The van der Waals surface area contributed by atoms with Crippen molar-refractivity contribution in [2.75, 3.05) is 29.9 Å². The van der Waals surface area contributed by atoms with E-state index in [1.807, 2.05) is 18.3 Å². The van der Waals surface area contributed by atoms with E-state index in [0.29, 0.717) is 54.4 Å². The van der Waals surface area contributed by atoms with E-state index in [1.54, 1.807) is 16.8 Å². The number of sulfonamides is 1. The second kappa shape index (κ2) is 11.6. The molecule has 2 atom stereocenters. The first-order valence-corrected chi connectivity index (χ1v) is 22.0. The number of hydrogen-bond donors (Lipinski definition) is 2. The number of carbonyl (C=O) groups is 1. The zero-order valence-electron chi connectivity index (χ0n) is 28.2. The van der Waals surface area contributed by atoms with Crippen LogP contribution in [0.1, 0.15) is 75.6 Å². The molecule has 2 aliphatic carbocycles. The molecule has 13 heteroatoms. The van der Waals surface area contributed by atoms with Gasteiger partial charge in [0.2, 0.25) is 5.88 Å². The van der Waals surface area contributed by atoms with Crippen LogP contribution < -0.4 is 24.9 Å². The molecule has 1 saturated heterocycles. The lowest BCUT2D eigenvalue weighted by Crippen LogP contribution is -2.45. The Bertz CT molecular complexity index is 1800. The van der Waals surface area contributed by atoms with Crippen molar-refractivity contribution in [3.05, 3.63) is 42.1 Å². The van der Waals surface area contributed by atoms with Crippen LogP contribution in [0.3, 0.4) is 0 Å². The van der Waals surface area contributed by atoms with Gasteiger partial charge in [0.1, 0.15) is 11.6 Å². The van der Waals surface area contributed by atoms with Gasteiger partial charge in [-0.3, -0.25) is 4.79 Å². The van der Waals surface area contributed by atoms with Crippen molar-refractivity contribution in [3.8, 4) is 11.7 Å². The summed E-state index contributed by atoms with van der Waals surface area (Å²) < 4.78 is 37.2. The molecule has 252 valence electrons. The van der Waals surface area contributed by atoms with Gasteiger partial charge in [0.25, 0.3) is 15.9 Å². The van der Waals surface area contributed by atoms with Crippen LogP contribution in [0.2, 0.25) is 19.6 Å². The summed E-state index contributed by atoms with van der Waals surface area (Å²) in [7, 11) is -6.41. The average Bonchev–Trinajstić information content (AvgIpc) is 3.62. The number of rotatable bonds is 6. The maximum atomic E-state index is 14.1. The Balaban J connectivity index is 1.27. The zero-order chi connectivity index (χ0) is 33.2. The molecular formula is C34H47N7O4SSi. The van der Waals surface area contributed by atoms with E-state index in [9.17, 15) is 13.2 Å². The number of carbonyl (C=O) groups excluding carboxylic acids is 1. The van der Waals surface area contributed by atoms with E-state index < -0.39 is 24.0 Å². The van der Waals surface area contributed by atoms with Gasteiger partial charge in [0.05, 0.1) is 20.2 Å². The van der Waals surface area contributed by atoms with Crippen LogP contribution in [-0.4, -0.2) is 67.4 Å². The highest BCUT2D eigenvalue weighted by Crippen LogP contribution is 2.65. The lowest BCUT2D eigenvalue weighted by molar-refractivity contribution is 0.0981. The molecule has 0 radical (unpaired) electrons. The summed E-state index contributed by atoms with van der Waals surface area (Å²) in [5.41, 5.74) is 0.558. The van der Waals surface area contributed by atoms with Gasteiger partial charge in [-0.05, 0) is 106 Å². The van der Waals surface area contributed by atoms with Crippen molar-refractivity contribution in [1.82, 2.24) is 24.5 Å². The summed E-state index contributed by atoms with van der Waals surface area (Å²) >= 11 is 0. The first kappa shape index (κ1) is 32.1. The van der Waals surface area contributed by atoms with Crippen molar-refractivity contribution < 1.29 is 17.9 Å². The third-order valence-corrected chi connectivity index (χ3v) is 14.0. The predicted molar refractivity (Wildman–Crippen MR) is 185 cm³/mol. The van der Waals surface area contributed by atoms with Crippen molar-refractivity contribution in [1.29, 1.82) is 0 Å². The molecule has 7 rings (SSSR count). The fourth-order valence-corrected chi connectivity index (χ4v) is 10.2. The van der Waals surface area contributed by atoms with Gasteiger partial charge in [-0.1, -0.05) is 25.7 Å². The predicted octanol–water partition coefficient (Wildman–Crippen LogP) is 5.10. The smallest absolute Gasteiger partial charge is 0.281 e. The summed E-state index contributed by atoms with van der Waals surface area (Å²) in [5.74, 6) is 2.58. The fourth-order valence-electron chi connectivity index (χ4n) is 7.88. The first-order valence-electron chi connectivity index (χ1n) is 17.0. The number of pyridine rings is 2. The molecule has 3 aromatic rings. The van der Waals surface area contributed by atoms with E-state index in [-0.39, 0.29) is 16.1 Å². The monoisotopic (exact) mass is 677 g/mol. The van der Waals surface area contributed by atoms with Crippen molar-refractivity contribution >= 4 is 40.8 Å². The summed E-state index contributed by atoms with van der Waals surface area (Å²) in [6.45, 7) is 12.9. The lowest BCUT2D eigenvalue weighted by Gasteiger charge is -2.37. The van der Waals surface area contributed by atoms with Crippen LogP contribution in [0.25, 0.3) is 5.82 Å². The topological polar surface area (TPSA) is 131 Å². The number of hydrogen-bond acceptors (Lipinski definition) is 9. The third kappa shape index (κ3) is 6.28. The molecule has 47 heavy (non-hydrogen) atoms. The highest BCUT2D eigenvalue weighted by atomic mass is 32.2. The third-order valence-electron chi connectivity index (χ3n) is 10.8. The zero-order valence-corrected chi connectivity index (χ0v) is 30.0. The van der Waals surface area contributed by atoms with E-state index in [0.717, 1.165) is 36.8 Å². The number of ether oxygens (including phenoxy) is 1. The van der Waals surface area contributed by atoms with Gasteiger partial charge in [-0.15, -0.1) is 5.10 Å². The Morgan fingerprint density at radius 1 is 1.06 bits per heavy atom. The maximum Gasteiger partial charge on any atom is 0.281 e. The summed E-state index contributed by atoms with van der Waals surface area (Å²) in [4.78, 5) is 25.8. The molecule has 3 aromatic heterocycles. The van der Waals surface area contributed by atoms with Crippen LogP contribution >= 0.6 is 0 Å². The van der Waals surface area contributed by atoms with Crippen LogP contribution in [-0.2, 0) is 10.0 Å². The van der Waals surface area contributed by atoms with Gasteiger partial charge in [-0.25, -0.2) is 19.4 Å². The molecule has 4 bridgehead atoms. The number of fused-ring (bicyclic) bond motifs is 6. The van der Waals surface area contributed by atoms with Crippen LogP contribution in [0, 0.1) is 17.3 Å². The number of amides is 1. The van der Waals surface area contributed by atoms with Crippen LogP contribution in [0.5, 0.6) is 5.88 Å². The molecule has 5 heterocycles. The maximum absolute atomic E-state index is 14.1. The molecule has 2 N–H and O–H groups in total. The first-order chi connectivity index (χ1) is 22.2. The van der Waals surface area contributed by atoms with Gasteiger partial charge in [0, 0.05) is 30.9 Å². The minimum atomic E-state index is -4.26. The highest BCUT2D eigenvalue weighted by Gasteiger charge is 2.54. The molecule has 2 aliphatic heterocycles. The van der Waals surface area contributed by atoms with Crippen molar-refractivity contribution in [2.24, 2.45) is 17.3 Å². The molecule has 1 spiro atoms. The minimum Gasteiger partial charge on any atom is -0.477 e. The Morgan fingerprint density at radius 3 is 2.60 bits per heavy atom. The second-order valence-electron chi connectivity index (χ2n) is 15.7. The molecule has 4 aliphatic rings. The minimum absolute atomic E-state index is 0.210. The van der Waals surface area contributed by atoms with Gasteiger partial charge >= 0.3 is 0 Å². The second-order valence-corrected chi connectivity index (χ2v) is 22.3. The Morgan fingerprint density at radius 2 is 1.87 bits per heavy atom. The highest BCUT2D eigenvalue weighted by molar-refractivity contribution is 7.90. The largest absolute Gasteiger partial charge is 0.477 e. The van der Waals surface area contributed by atoms with Crippen LogP contribution in [0.4, 0.5) is 11.6 Å². The normalized spacial score (nSPS) is 24.3. The van der Waals surface area contributed by atoms with E-state index >= 15 is 0 Å².